The molecule has 8 heteroatoms. The molecule has 0 aliphatic carbocycles. The maximum absolute atomic E-state index is 11.4. The first-order valence-corrected chi connectivity index (χ1v) is 5.25. The normalized spacial score (nSPS) is 21.3. The molecule has 2 atom stereocenters. The molecule has 1 rings (SSSR count). The second kappa shape index (κ2) is 5.30. The van der Waals surface area contributed by atoms with Gasteiger partial charge in [0.2, 0.25) is 11.8 Å². The van der Waals surface area contributed by atoms with Crippen molar-refractivity contribution in [3.8, 4) is 0 Å². The number of hydroxylamine groups is 2. The Balaban J connectivity index is 2.68. The first-order chi connectivity index (χ1) is 7.45. The zero-order chi connectivity index (χ0) is 12.3. The summed E-state index contributed by atoms with van der Waals surface area (Å²) < 4.78 is 0. The van der Waals surface area contributed by atoms with Crippen LogP contribution >= 0.6 is 12.2 Å². The summed E-state index contributed by atoms with van der Waals surface area (Å²) in [5.41, 5.74) is 0. The van der Waals surface area contributed by atoms with Gasteiger partial charge >= 0.3 is 0 Å². The van der Waals surface area contributed by atoms with Crippen LogP contribution in [0.5, 0.6) is 0 Å². The fourth-order valence-electron chi connectivity index (χ4n) is 1.49. The molecule has 2 amide bonds. The molecular formula is C8H13N3O4S. The number of hydrogen-bond acceptors (Lipinski definition) is 5. The van der Waals surface area contributed by atoms with Gasteiger partial charge in [-0.3, -0.25) is 9.59 Å². The van der Waals surface area contributed by atoms with E-state index in [1.165, 1.54) is 0 Å². The quantitative estimate of drug-likeness (QED) is 0.263. The van der Waals surface area contributed by atoms with Crippen molar-refractivity contribution < 1.29 is 20.0 Å². The van der Waals surface area contributed by atoms with Crippen LogP contribution in [0.3, 0.4) is 0 Å². The van der Waals surface area contributed by atoms with Crippen molar-refractivity contribution in [1.29, 1.82) is 0 Å². The first-order valence-electron chi connectivity index (χ1n) is 4.84. The number of quaternary nitrogens is 1. The van der Waals surface area contributed by atoms with Gasteiger partial charge in [-0.1, -0.05) is 6.92 Å². The molecule has 1 saturated heterocycles. The van der Waals surface area contributed by atoms with Crippen molar-refractivity contribution in [2.45, 2.75) is 25.8 Å². The molecule has 4 N–H and O–H groups in total. The van der Waals surface area contributed by atoms with Crippen molar-refractivity contribution >= 4 is 29.1 Å². The van der Waals surface area contributed by atoms with E-state index in [9.17, 15) is 14.8 Å². The molecule has 1 heterocycles. The van der Waals surface area contributed by atoms with Crippen molar-refractivity contribution in [2.75, 3.05) is 0 Å². The molecule has 16 heavy (non-hydrogen) atoms. The molecule has 0 aromatic carbocycles. The Morgan fingerprint density at radius 1 is 1.50 bits per heavy atom. The third-order valence-electron chi connectivity index (χ3n) is 2.47. The fraction of sp³-hybridized carbons (Fsp3) is 0.625. The predicted octanol–water partition coefficient (Wildman–Crippen LogP) is -1.93. The summed E-state index contributed by atoms with van der Waals surface area (Å²) in [6.07, 6.45) is 0.364. The van der Waals surface area contributed by atoms with Crippen LogP contribution in [0.1, 0.15) is 19.8 Å². The Hall–Kier alpha value is -1.09. The van der Waals surface area contributed by atoms with E-state index in [2.05, 4.69) is 22.9 Å². The average molecular weight is 247 g/mol. The summed E-state index contributed by atoms with van der Waals surface area (Å²) in [5, 5.41) is 23.2. The highest BCUT2D eigenvalue weighted by atomic mass is 32.1. The van der Waals surface area contributed by atoms with E-state index in [1.54, 1.807) is 6.92 Å². The van der Waals surface area contributed by atoms with E-state index in [4.69, 9.17) is 5.21 Å². The topological polar surface area (TPSA) is 106 Å². The minimum absolute atomic E-state index is 0.00782. The number of rotatable bonds is 4. The van der Waals surface area contributed by atoms with E-state index in [0.717, 1.165) is 0 Å². The van der Waals surface area contributed by atoms with Crippen LogP contribution in [0, 0.1) is 11.1 Å². The van der Waals surface area contributed by atoms with Gasteiger partial charge in [-0.2, -0.15) is 0 Å². The lowest BCUT2D eigenvalue weighted by Crippen LogP contribution is -3.09. The summed E-state index contributed by atoms with van der Waals surface area (Å²) in [4.78, 5) is 22.9. The summed E-state index contributed by atoms with van der Waals surface area (Å²) in [6, 6.07) is -0.701. The summed E-state index contributed by atoms with van der Waals surface area (Å²) >= 11 is 4.63. The van der Waals surface area contributed by atoms with E-state index in [0.29, 0.717) is 6.42 Å². The lowest BCUT2D eigenvalue weighted by molar-refractivity contribution is -1.07. The third-order valence-corrected chi connectivity index (χ3v) is 2.67. The standard InChI is InChI=1S/C8H13N3O4S/c1-2-4(11(14)15)3-5-6(12)9-8(16)10-7(5)13/h4-5,11,14H,2-3H2,1H3,(H2,9,10,12,13,16)/t4-/m0/s1. The molecule has 1 aliphatic rings. The Kier molecular flexibility index (Phi) is 4.30. The highest BCUT2D eigenvalue weighted by Crippen LogP contribution is 2.10. The zero-order valence-electron chi connectivity index (χ0n) is 8.65. The van der Waals surface area contributed by atoms with Crippen LogP contribution in [0.25, 0.3) is 0 Å². The van der Waals surface area contributed by atoms with Gasteiger partial charge in [0, 0.05) is 6.42 Å². The van der Waals surface area contributed by atoms with Gasteiger partial charge in [0.1, 0.15) is 12.0 Å². The molecule has 0 aromatic rings. The van der Waals surface area contributed by atoms with E-state index in [1.807, 2.05) is 0 Å². The minimum Gasteiger partial charge on any atom is -0.600 e. The molecule has 0 aromatic heterocycles. The van der Waals surface area contributed by atoms with Crippen LogP contribution in [0.15, 0.2) is 0 Å². The van der Waals surface area contributed by atoms with Crippen LogP contribution < -0.4 is 15.9 Å². The second-order valence-electron chi connectivity index (χ2n) is 3.54. The number of thiocarbonyl (C=S) groups is 1. The molecule has 0 spiro atoms. The summed E-state index contributed by atoms with van der Waals surface area (Å²) in [6.45, 7) is 1.70. The summed E-state index contributed by atoms with van der Waals surface area (Å²) in [7, 11) is 0. The van der Waals surface area contributed by atoms with Crippen molar-refractivity contribution in [1.82, 2.24) is 10.6 Å². The molecular weight excluding hydrogens is 234 g/mol. The maximum atomic E-state index is 11.4. The van der Waals surface area contributed by atoms with Crippen LogP contribution in [0.4, 0.5) is 0 Å². The second-order valence-corrected chi connectivity index (χ2v) is 3.95. The highest BCUT2D eigenvalue weighted by Gasteiger charge is 2.35. The largest absolute Gasteiger partial charge is 0.600 e. The predicted molar refractivity (Wildman–Crippen MR) is 57.2 cm³/mol. The molecule has 1 fully saturated rings. The number of carbonyl (C=O) groups is 2. The van der Waals surface area contributed by atoms with Crippen molar-refractivity contribution in [2.24, 2.45) is 5.92 Å². The molecule has 1 unspecified atom stereocenters. The zero-order valence-corrected chi connectivity index (χ0v) is 9.47. The van der Waals surface area contributed by atoms with E-state index < -0.39 is 29.0 Å². The maximum Gasteiger partial charge on any atom is 0.238 e. The van der Waals surface area contributed by atoms with Crippen LogP contribution in [-0.4, -0.2) is 28.2 Å². The molecule has 1 aliphatic heterocycles. The highest BCUT2D eigenvalue weighted by molar-refractivity contribution is 7.80. The molecule has 7 nitrogen and oxygen atoms in total. The smallest absolute Gasteiger partial charge is 0.238 e. The van der Waals surface area contributed by atoms with Crippen molar-refractivity contribution in [3.05, 3.63) is 5.21 Å². The van der Waals surface area contributed by atoms with Gasteiger partial charge in [-0.25, -0.2) is 10.4 Å². The van der Waals surface area contributed by atoms with Gasteiger partial charge in [-0.05, 0) is 18.6 Å². The van der Waals surface area contributed by atoms with E-state index >= 15 is 0 Å². The molecule has 0 saturated carbocycles. The first kappa shape index (κ1) is 13.0. The lowest BCUT2D eigenvalue weighted by atomic mass is 9.96. The average Bonchev–Trinajstić information content (AvgIpc) is 2.15. The number of amides is 2. The Morgan fingerprint density at radius 2 is 2.00 bits per heavy atom. The number of hydrogen-bond donors (Lipinski definition) is 4. The van der Waals surface area contributed by atoms with Gasteiger partial charge in [0.15, 0.2) is 5.11 Å². The molecule has 0 radical (unpaired) electrons. The van der Waals surface area contributed by atoms with Crippen molar-refractivity contribution in [3.63, 3.8) is 0 Å². The van der Waals surface area contributed by atoms with Gasteiger partial charge in [0.05, 0.1) is 0 Å². The summed E-state index contributed by atoms with van der Waals surface area (Å²) in [5.74, 6) is -2.05. The minimum atomic E-state index is -1.00. The van der Waals surface area contributed by atoms with Crippen LogP contribution in [-0.2, 0) is 9.59 Å². The SMILES string of the molecule is CC[C@@H](CC1C(=O)NC(=S)NC1=O)[NH+]([O-])O. The fourth-order valence-corrected chi connectivity index (χ4v) is 1.69. The molecule has 90 valence electrons. The van der Waals surface area contributed by atoms with Gasteiger partial charge in [-0.15, -0.1) is 0 Å². The monoisotopic (exact) mass is 247 g/mol. The Morgan fingerprint density at radius 3 is 2.38 bits per heavy atom. The molecule has 0 bridgehead atoms. The van der Waals surface area contributed by atoms with E-state index in [-0.39, 0.29) is 11.5 Å². The third kappa shape index (κ3) is 2.95. The Labute approximate surface area is 97.3 Å². The number of nitrogens with one attached hydrogen (secondary N) is 3. The number of carbonyl (C=O) groups excluding carboxylic acids is 2. The van der Waals surface area contributed by atoms with Gasteiger partial charge in [0.25, 0.3) is 0 Å². The van der Waals surface area contributed by atoms with Gasteiger partial charge < -0.3 is 15.8 Å². The lowest BCUT2D eigenvalue weighted by Gasteiger charge is -2.28. The Bertz CT molecular complexity index is 300. The van der Waals surface area contributed by atoms with Crippen LogP contribution in [0.2, 0.25) is 0 Å².